The molecule has 1 amide bonds. The third-order valence-electron chi connectivity index (χ3n) is 2.43. The van der Waals surface area contributed by atoms with Crippen LogP contribution < -0.4 is 11.1 Å². The van der Waals surface area contributed by atoms with E-state index < -0.39 is 16.0 Å². The average molecular weight is 234 g/mol. The van der Waals surface area contributed by atoms with Crippen LogP contribution in [0.1, 0.15) is 34.1 Å². The van der Waals surface area contributed by atoms with Crippen LogP contribution in [0.5, 0.6) is 0 Å². The molecule has 2 unspecified atom stereocenters. The van der Waals surface area contributed by atoms with E-state index in [-0.39, 0.29) is 11.4 Å². The van der Waals surface area contributed by atoms with E-state index in [4.69, 9.17) is 5.73 Å². The molecule has 0 radical (unpaired) electrons. The number of amides is 1. The molecule has 0 heterocycles. The Hall–Kier alpha value is -0.420. The first-order valence-electron chi connectivity index (χ1n) is 5.23. The van der Waals surface area contributed by atoms with Crippen LogP contribution in [0.25, 0.3) is 0 Å². The van der Waals surface area contributed by atoms with Gasteiger partial charge in [-0.1, -0.05) is 6.92 Å². The quantitative estimate of drug-likeness (QED) is 0.698. The van der Waals surface area contributed by atoms with Crippen molar-refractivity contribution in [3.05, 3.63) is 0 Å². The lowest BCUT2D eigenvalue weighted by atomic mass is 10.0. The van der Waals surface area contributed by atoms with E-state index in [1.165, 1.54) is 0 Å². The molecule has 4 nitrogen and oxygen atoms in total. The predicted molar refractivity (Wildman–Crippen MR) is 64.0 cm³/mol. The molecule has 2 atom stereocenters. The summed E-state index contributed by atoms with van der Waals surface area (Å²) in [5.41, 5.74) is 5.06. The highest BCUT2D eigenvalue weighted by Gasteiger charge is 2.24. The summed E-state index contributed by atoms with van der Waals surface area (Å²) >= 11 is 0. The Labute approximate surface area is 94.4 Å². The van der Waals surface area contributed by atoms with Crippen molar-refractivity contribution in [2.75, 3.05) is 12.3 Å². The molecule has 0 aliphatic rings. The lowest BCUT2D eigenvalue weighted by Gasteiger charge is -2.26. The Kier molecular flexibility index (Phi) is 6.05. The van der Waals surface area contributed by atoms with E-state index in [9.17, 15) is 9.00 Å². The minimum Gasteiger partial charge on any atom is -0.350 e. The largest absolute Gasteiger partial charge is 0.350 e. The molecule has 0 aromatic heterocycles. The van der Waals surface area contributed by atoms with Crippen LogP contribution in [0, 0.1) is 0 Å². The number of nitrogens with one attached hydrogen (secondary N) is 1. The minimum atomic E-state index is -1.17. The van der Waals surface area contributed by atoms with E-state index in [2.05, 4.69) is 5.32 Å². The Morgan fingerprint density at radius 1 is 1.53 bits per heavy atom. The van der Waals surface area contributed by atoms with Gasteiger partial charge in [-0.25, -0.2) is 0 Å². The van der Waals surface area contributed by atoms with Crippen molar-refractivity contribution in [1.82, 2.24) is 5.32 Å². The fraction of sp³-hybridized carbons (Fsp3) is 0.900. The number of carbonyl (C=O) groups excluding carboxylic acids is 1. The van der Waals surface area contributed by atoms with Crippen LogP contribution in [-0.4, -0.2) is 33.2 Å². The van der Waals surface area contributed by atoms with E-state index in [0.29, 0.717) is 12.3 Å². The Bertz CT molecular complexity index is 242. The minimum absolute atomic E-state index is 0.159. The smallest absolute Gasteiger partial charge is 0.235 e. The summed E-state index contributed by atoms with van der Waals surface area (Å²) in [4.78, 5) is 11.7. The van der Waals surface area contributed by atoms with Crippen molar-refractivity contribution in [3.63, 3.8) is 0 Å². The lowest BCUT2D eigenvalue weighted by Crippen LogP contribution is -2.48. The second-order valence-corrected chi connectivity index (χ2v) is 6.12. The summed E-state index contributed by atoms with van der Waals surface area (Å²) in [6.45, 7) is 7.92. The number of rotatable bonds is 6. The highest BCUT2D eigenvalue weighted by atomic mass is 32.2. The molecule has 0 spiro atoms. The summed E-state index contributed by atoms with van der Waals surface area (Å²) in [5.74, 6) is 0.217. The molecular weight excluding hydrogens is 212 g/mol. The van der Waals surface area contributed by atoms with E-state index in [0.717, 1.165) is 6.42 Å². The van der Waals surface area contributed by atoms with Gasteiger partial charge in [0.2, 0.25) is 5.91 Å². The Morgan fingerprint density at radius 3 is 2.47 bits per heavy atom. The Morgan fingerprint density at radius 2 is 2.07 bits per heavy atom. The zero-order chi connectivity index (χ0) is 12.1. The van der Waals surface area contributed by atoms with Gasteiger partial charge in [-0.05, 0) is 27.2 Å². The van der Waals surface area contributed by atoms with Crippen LogP contribution in [-0.2, 0) is 15.6 Å². The molecule has 5 heteroatoms. The van der Waals surface area contributed by atoms with Crippen LogP contribution in [0.4, 0.5) is 0 Å². The number of hydrogen-bond acceptors (Lipinski definition) is 3. The highest BCUT2D eigenvalue weighted by Crippen LogP contribution is 2.08. The van der Waals surface area contributed by atoms with Gasteiger partial charge >= 0.3 is 0 Å². The molecule has 0 fully saturated rings. The second kappa shape index (κ2) is 6.23. The SMILES string of the molecule is CCC(C)(C)NC(=O)C(C)S(=O)CCN. The Balaban J connectivity index is 4.27. The maximum absolute atomic E-state index is 11.7. The molecule has 0 bridgehead atoms. The van der Waals surface area contributed by atoms with Crippen molar-refractivity contribution in [3.8, 4) is 0 Å². The number of carbonyl (C=O) groups is 1. The lowest BCUT2D eigenvalue weighted by molar-refractivity contribution is -0.121. The summed E-state index contributed by atoms with van der Waals surface area (Å²) in [7, 11) is -1.17. The van der Waals surface area contributed by atoms with Gasteiger partial charge in [-0.3, -0.25) is 9.00 Å². The third-order valence-corrected chi connectivity index (χ3v) is 4.07. The third kappa shape index (κ3) is 5.28. The van der Waals surface area contributed by atoms with Gasteiger partial charge in [0.25, 0.3) is 0 Å². The maximum atomic E-state index is 11.7. The van der Waals surface area contributed by atoms with Crippen LogP contribution in [0.3, 0.4) is 0 Å². The first kappa shape index (κ1) is 14.6. The number of hydrogen-bond donors (Lipinski definition) is 2. The molecule has 15 heavy (non-hydrogen) atoms. The molecule has 90 valence electrons. The first-order valence-corrected chi connectivity index (χ1v) is 6.61. The summed E-state index contributed by atoms with van der Waals surface area (Å²) in [5, 5.41) is 2.39. The van der Waals surface area contributed by atoms with Gasteiger partial charge in [0.1, 0.15) is 5.25 Å². The van der Waals surface area contributed by atoms with Crippen molar-refractivity contribution in [2.24, 2.45) is 5.73 Å². The van der Waals surface area contributed by atoms with E-state index >= 15 is 0 Å². The van der Waals surface area contributed by atoms with E-state index in [1.54, 1.807) is 6.92 Å². The van der Waals surface area contributed by atoms with Crippen molar-refractivity contribution < 1.29 is 9.00 Å². The second-order valence-electron chi connectivity index (χ2n) is 4.24. The van der Waals surface area contributed by atoms with E-state index in [1.807, 2.05) is 20.8 Å². The summed E-state index contributed by atoms with van der Waals surface area (Å²) in [6.07, 6.45) is 0.842. The molecule has 0 saturated carbocycles. The highest BCUT2D eigenvalue weighted by molar-refractivity contribution is 7.86. The molecule has 0 rings (SSSR count). The monoisotopic (exact) mass is 234 g/mol. The average Bonchev–Trinajstić information content (AvgIpc) is 2.16. The molecule has 0 aromatic carbocycles. The summed E-state index contributed by atoms with van der Waals surface area (Å²) in [6, 6.07) is 0. The van der Waals surface area contributed by atoms with Gasteiger partial charge in [0.15, 0.2) is 0 Å². The van der Waals surface area contributed by atoms with Crippen molar-refractivity contribution in [2.45, 2.75) is 44.9 Å². The number of nitrogens with two attached hydrogens (primary N) is 1. The zero-order valence-electron chi connectivity index (χ0n) is 10.0. The van der Waals surface area contributed by atoms with Gasteiger partial charge in [0.05, 0.1) is 0 Å². The summed E-state index contributed by atoms with van der Waals surface area (Å²) < 4.78 is 11.5. The molecule has 0 aliphatic carbocycles. The molecule has 0 aliphatic heterocycles. The van der Waals surface area contributed by atoms with Gasteiger partial charge in [0, 0.05) is 28.6 Å². The van der Waals surface area contributed by atoms with Gasteiger partial charge < -0.3 is 11.1 Å². The van der Waals surface area contributed by atoms with Gasteiger partial charge in [-0.2, -0.15) is 0 Å². The normalized spacial score (nSPS) is 15.8. The molecule has 0 saturated heterocycles. The predicted octanol–water partition coefficient (Wildman–Crippen LogP) is 0.387. The fourth-order valence-corrected chi connectivity index (χ4v) is 1.82. The fourth-order valence-electron chi connectivity index (χ4n) is 0.936. The standard InChI is InChI=1S/C10H22N2O2S/c1-5-10(3,4)12-9(13)8(2)15(14)7-6-11/h8H,5-7,11H2,1-4H3,(H,12,13). The van der Waals surface area contributed by atoms with Crippen LogP contribution in [0.15, 0.2) is 0 Å². The van der Waals surface area contributed by atoms with Crippen molar-refractivity contribution >= 4 is 16.7 Å². The molecule has 3 N–H and O–H groups in total. The van der Waals surface area contributed by atoms with Crippen molar-refractivity contribution in [1.29, 1.82) is 0 Å². The van der Waals surface area contributed by atoms with Gasteiger partial charge in [-0.15, -0.1) is 0 Å². The zero-order valence-corrected chi connectivity index (χ0v) is 10.8. The first-order chi connectivity index (χ1) is 6.84. The van der Waals surface area contributed by atoms with Crippen LogP contribution in [0.2, 0.25) is 0 Å². The maximum Gasteiger partial charge on any atom is 0.235 e. The topological polar surface area (TPSA) is 72.2 Å². The van der Waals surface area contributed by atoms with Crippen LogP contribution >= 0.6 is 0 Å². The molecular formula is C10H22N2O2S. The molecule has 0 aromatic rings.